The first-order chi connectivity index (χ1) is 10.5. The van der Waals surface area contributed by atoms with Gasteiger partial charge < -0.3 is 15.3 Å². The van der Waals surface area contributed by atoms with Gasteiger partial charge in [-0.25, -0.2) is 9.78 Å². The van der Waals surface area contributed by atoms with Gasteiger partial charge in [0.15, 0.2) is 0 Å². The zero-order valence-electron chi connectivity index (χ0n) is 13.1. The molecular formula is C16H23N3O3. The summed E-state index contributed by atoms with van der Waals surface area (Å²) in [6.45, 7) is 5.63. The number of aliphatic carboxylic acids is 1. The van der Waals surface area contributed by atoms with E-state index in [2.05, 4.69) is 15.2 Å². The fraction of sp³-hybridized carbons (Fsp3) is 0.562. The normalized spacial score (nSPS) is 15.9. The lowest BCUT2D eigenvalue weighted by Gasteiger charge is -2.21. The molecule has 2 rings (SSSR count). The van der Waals surface area contributed by atoms with Crippen LogP contribution < -0.4 is 10.2 Å². The van der Waals surface area contributed by atoms with Gasteiger partial charge in [0.25, 0.3) is 5.91 Å². The second kappa shape index (κ2) is 7.24. The number of hydrogen-bond acceptors (Lipinski definition) is 4. The topological polar surface area (TPSA) is 82.5 Å². The van der Waals surface area contributed by atoms with Crippen LogP contribution in [-0.4, -0.2) is 41.1 Å². The van der Waals surface area contributed by atoms with Crippen LogP contribution >= 0.6 is 0 Å². The maximum absolute atomic E-state index is 12.5. The molecule has 0 aliphatic carbocycles. The molecule has 0 bridgehead atoms. The summed E-state index contributed by atoms with van der Waals surface area (Å²) in [7, 11) is 0. The SMILES string of the molecule is CC(C)C[C@@H](NC(=O)c1cccnc1N1CCCC1)C(=O)O. The summed E-state index contributed by atoms with van der Waals surface area (Å²) in [6, 6.07) is 2.52. The van der Waals surface area contributed by atoms with Crippen LogP contribution in [0, 0.1) is 5.92 Å². The second-order valence-electron chi connectivity index (χ2n) is 6.06. The van der Waals surface area contributed by atoms with Crippen molar-refractivity contribution in [1.82, 2.24) is 10.3 Å². The van der Waals surface area contributed by atoms with E-state index in [0.29, 0.717) is 17.8 Å². The van der Waals surface area contributed by atoms with Crippen LogP contribution in [0.2, 0.25) is 0 Å². The van der Waals surface area contributed by atoms with Gasteiger partial charge in [-0.05, 0) is 37.3 Å². The third-order valence-corrected chi connectivity index (χ3v) is 3.75. The molecule has 1 atom stereocenters. The number of pyridine rings is 1. The number of carboxylic acid groups (broad SMARTS) is 1. The molecule has 22 heavy (non-hydrogen) atoms. The summed E-state index contributed by atoms with van der Waals surface area (Å²) in [5, 5.41) is 11.9. The molecule has 6 nitrogen and oxygen atoms in total. The molecule has 1 aliphatic heterocycles. The Morgan fingerprint density at radius 3 is 2.64 bits per heavy atom. The Labute approximate surface area is 130 Å². The van der Waals surface area contributed by atoms with Gasteiger partial charge in [0.1, 0.15) is 11.9 Å². The lowest BCUT2D eigenvalue weighted by Crippen LogP contribution is -2.42. The molecule has 1 aromatic heterocycles. The van der Waals surface area contributed by atoms with Gasteiger partial charge in [-0.2, -0.15) is 0 Å². The molecule has 0 spiro atoms. The first-order valence-corrected chi connectivity index (χ1v) is 7.72. The fourth-order valence-corrected chi connectivity index (χ4v) is 2.68. The first kappa shape index (κ1) is 16.3. The molecule has 2 heterocycles. The number of nitrogens with zero attached hydrogens (tertiary/aromatic N) is 2. The summed E-state index contributed by atoms with van der Waals surface area (Å²) in [5.74, 6) is -0.545. The van der Waals surface area contributed by atoms with Crippen LogP contribution in [0.1, 0.15) is 43.5 Å². The predicted molar refractivity (Wildman–Crippen MR) is 84.0 cm³/mol. The summed E-state index contributed by atoms with van der Waals surface area (Å²) in [5.41, 5.74) is 0.444. The number of rotatable bonds is 6. The van der Waals surface area contributed by atoms with Gasteiger partial charge in [0.2, 0.25) is 0 Å². The van der Waals surface area contributed by atoms with Crippen LogP contribution in [0.4, 0.5) is 5.82 Å². The van der Waals surface area contributed by atoms with Gasteiger partial charge in [-0.3, -0.25) is 4.79 Å². The van der Waals surface area contributed by atoms with Gasteiger partial charge in [0.05, 0.1) is 5.56 Å². The molecule has 0 radical (unpaired) electrons. The van der Waals surface area contributed by atoms with E-state index < -0.39 is 12.0 Å². The van der Waals surface area contributed by atoms with Crippen molar-refractivity contribution in [3.63, 3.8) is 0 Å². The Hall–Kier alpha value is -2.11. The maximum atomic E-state index is 12.5. The van der Waals surface area contributed by atoms with Gasteiger partial charge in [-0.1, -0.05) is 13.8 Å². The lowest BCUT2D eigenvalue weighted by molar-refractivity contribution is -0.139. The minimum atomic E-state index is -1.01. The average molecular weight is 305 g/mol. The predicted octanol–water partition coefficient (Wildman–Crippen LogP) is 1.91. The Bertz CT molecular complexity index is 539. The highest BCUT2D eigenvalue weighted by Gasteiger charge is 2.25. The van der Waals surface area contributed by atoms with Crippen LogP contribution in [0.3, 0.4) is 0 Å². The summed E-state index contributed by atoms with van der Waals surface area (Å²) >= 11 is 0. The van der Waals surface area contributed by atoms with E-state index in [1.807, 2.05) is 13.8 Å². The summed E-state index contributed by atoms with van der Waals surface area (Å²) in [6.07, 6.45) is 4.24. The Balaban J connectivity index is 2.16. The molecule has 1 aromatic rings. The number of carboxylic acids is 1. The quantitative estimate of drug-likeness (QED) is 0.839. The Morgan fingerprint density at radius 2 is 2.05 bits per heavy atom. The smallest absolute Gasteiger partial charge is 0.326 e. The molecule has 0 unspecified atom stereocenters. The molecular weight excluding hydrogens is 282 g/mol. The average Bonchev–Trinajstić information content (AvgIpc) is 3.00. The number of hydrogen-bond donors (Lipinski definition) is 2. The van der Waals surface area contributed by atoms with Crippen molar-refractivity contribution in [3.05, 3.63) is 23.9 Å². The number of amides is 1. The van der Waals surface area contributed by atoms with Gasteiger partial charge in [0, 0.05) is 19.3 Å². The van der Waals surface area contributed by atoms with E-state index in [-0.39, 0.29) is 11.8 Å². The number of carbonyl (C=O) groups is 2. The highest BCUT2D eigenvalue weighted by molar-refractivity contribution is 6.00. The molecule has 1 fully saturated rings. The highest BCUT2D eigenvalue weighted by atomic mass is 16.4. The molecule has 0 aromatic carbocycles. The van der Waals surface area contributed by atoms with E-state index in [4.69, 9.17) is 0 Å². The van der Waals surface area contributed by atoms with Crippen molar-refractivity contribution in [1.29, 1.82) is 0 Å². The Morgan fingerprint density at radius 1 is 1.36 bits per heavy atom. The van der Waals surface area contributed by atoms with Crippen LogP contribution in [0.5, 0.6) is 0 Å². The zero-order chi connectivity index (χ0) is 16.1. The second-order valence-corrected chi connectivity index (χ2v) is 6.06. The first-order valence-electron chi connectivity index (χ1n) is 7.72. The van der Waals surface area contributed by atoms with E-state index in [9.17, 15) is 14.7 Å². The lowest BCUT2D eigenvalue weighted by atomic mass is 10.0. The summed E-state index contributed by atoms with van der Waals surface area (Å²) in [4.78, 5) is 30.2. The largest absolute Gasteiger partial charge is 0.480 e. The number of nitrogens with one attached hydrogen (secondary N) is 1. The van der Waals surface area contributed by atoms with Crippen molar-refractivity contribution in [2.45, 2.75) is 39.2 Å². The van der Waals surface area contributed by atoms with Crippen LogP contribution in [-0.2, 0) is 4.79 Å². The number of aromatic nitrogens is 1. The monoisotopic (exact) mass is 305 g/mol. The van der Waals surface area contributed by atoms with Crippen LogP contribution in [0.15, 0.2) is 18.3 Å². The van der Waals surface area contributed by atoms with Gasteiger partial charge >= 0.3 is 5.97 Å². The fourth-order valence-electron chi connectivity index (χ4n) is 2.68. The molecule has 0 saturated carbocycles. The highest BCUT2D eigenvalue weighted by Crippen LogP contribution is 2.22. The van der Waals surface area contributed by atoms with E-state index in [1.54, 1.807) is 18.3 Å². The van der Waals surface area contributed by atoms with E-state index >= 15 is 0 Å². The van der Waals surface area contributed by atoms with Crippen LogP contribution in [0.25, 0.3) is 0 Å². The number of anilines is 1. The molecule has 2 N–H and O–H groups in total. The molecule has 6 heteroatoms. The van der Waals surface area contributed by atoms with Gasteiger partial charge in [-0.15, -0.1) is 0 Å². The number of carbonyl (C=O) groups excluding carboxylic acids is 1. The molecule has 120 valence electrons. The standard InChI is InChI=1S/C16H23N3O3/c1-11(2)10-13(16(21)22)18-15(20)12-6-5-7-17-14(12)19-8-3-4-9-19/h5-7,11,13H,3-4,8-10H2,1-2H3,(H,18,20)(H,21,22)/t13-/m1/s1. The van der Waals surface area contributed by atoms with Crippen molar-refractivity contribution in [3.8, 4) is 0 Å². The Kier molecular flexibility index (Phi) is 5.35. The minimum absolute atomic E-state index is 0.188. The van der Waals surface area contributed by atoms with Crippen molar-refractivity contribution < 1.29 is 14.7 Å². The van der Waals surface area contributed by atoms with E-state index in [0.717, 1.165) is 25.9 Å². The molecule has 1 aliphatic rings. The van der Waals surface area contributed by atoms with E-state index in [1.165, 1.54) is 0 Å². The van der Waals surface area contributed by atoms with Crippen molar-refractivity contribution >= 4 is 17.7 Å². The molecule has 1 amide bonds. The minimum Gasteiger partial charge on any atom is -0.480 e. The third-order valence-electron chi connectivity index (χ3n) is 3.75. The van der Waals surface area contributed by atoms with Crippen molar-refractivity contribution in [2.75, 3.05) is 18.0 Å². The molecule has 1 saturated heterocycles. The third kappa shape index (κ3) is 3.96. The summed E-state index contributed by atoms with van der Waals surface area (Å²) < 4.78 is 0. The zero-order valence-corrected chi connectivity index (χ0v) is 13.1. The maximum Gasteiger partial charge on any atom is 0.326 e. The van der Waals surface area contributed by atoms with Crippen molar-refractivity contribution in [2.24, 2.45) is 5.92 Å².